The third kappa shape index (κ3) is 3.56. The van der Waals surface area contributed by atoms with Gasteiger partial charge in [0.2, 0.25) is 0 Å². The van der Waals surface area contributed by atoms with Crippen LogP contribution in [0.25, 0.3) is 11.6 Å². The van der Waals surface area contributed by atoms with Gasteiger partial charge in [-0.1, -0.05) is 11.6 Å². The molecule has 29 heavy (non-hydrogen) atoms. The van der Waals surface area contributed by atoms with Gasteiger partial charge in [0, 0.05) is 37.9 Å². The molecule has 3 atom stereocenters. The summed E-state index contributed by atoms with van der Waals surface area (Å²) in [5.41, 5.74) is 2.52. The van der Waals surface area contributed by atoms with Crippen LogP contribution in [0, 0.1) is 5.82 Å². The molecule has 0 bridgehead atoms. The van der Waals surface area contributed by atoms with Crippen LogP contribution in [0.1, 0.15) is 35.8 Å². The van der Waals surface area contributed by atoms with Crippen molar-refractivity contribution in [2.45, 2.75) is 30.8 Å². The second kappa shape index (κ2) is 7.31. The molecule has 1 aliphatic carbocycles. The van der Waals surface area contributed by atoms with Gasteiger partial charge >= 0.3 is 0 Å². The fourth-order valence-electron chi connectivity index (χ4n) is 3.99. The smallest absolute Gasteiger partial charge is 0.197 e. The summed E-state index contributed by atoms with van der Waals surface area (Å²) in [6.45, 7) is 1.06. The van der Waals surface area contributed by atoms with Gasteiger partial charge in [-0.05, 0) is 54.0 Å². The monoisotopic (exact) mass is 411 g/mol. The number of β-amino-alcohol motifs (C(OH)–C–C–N with tert-alkyl or cyclic N) is 1. The average Bonchev–Trinajstić information content (AvgIpc) is 3.44. The van der Waals surface area contributed by atoms with Crippen LogP contribution >= 0.6 is 11.6 Å². The van der Waals surface area contributed by atoms with E-state index in [-0.39, 0.29) is 16.9 Å². The molecule has 2 fully saturated rings. The van der Waals surface area contributed by atoms with E-state index in [9.17, 15) is 9.50 Å². The van der Waals surface area contributed by atoms with Crippen molar-refractivity contribution < 1.29 is 9.50 Å². The molecule has 2 aromatic heterocycles. The summed E-state index contributed by atoms with van der Waals surface area (Å²) in [5.74, 6) is 1.10. The summed E-state index contributed by atoms with van der Waals surface area (Å²) in [6, 6.07) is 5.33. The maximum atomic E-state index is 14.6. The van der Waals surface area contributed by atoms with E-state index < -0.39 is 11.9 Å². The largest absolute Gasteiger partial charge is 0.391 e. The third-order valence-corrected chi connectivity index (χ3v) is 5.89. The van der Waals surface area contributed by atoms with Crippen LogP contribution < -0.4 is 4.90 Å². The van der Waals surface area contributed by atoms with Crippen molar-refractivity contribution >= 4 is 17.3 Å². The Labute approximate surface area is 172 Å². The molecular weight excluding hydrogens is 393 g/mol. The maximum Gasteiger partial charge on any atom is 0.197 e. The average molecular weight is 412 g/mol. The quantitative estimate of drug-likeness (QED) is 0.707. The lowest BCUT2D eigenvalue weighted by atomic mass is 10.1. The van der Waals surface area contributed by atoms with E-state index in [0.29, 0.717) is 36.8 Å². The standard InChI is InChI=1S/C21H19ClFN5O/c22-17-6-12(7-18(19(17)23)28-5-2-14(29)11-28)15-8-16(15)13-9-26-21(27-10-13)20-24-3-1-4-25-20/h1,3-4,6-7,9-10,14-16,29H,2,5,8,11H2/t14-,15?,16?/m1/s1. The van der Waals surface area contributed by atoms with E-state index in [1.165, 1.54) is 0 Å². The molecule has 1 aliphatic heterocycles. The zero-order chi connectivity index (χ0) is 20.0. The Balaban J connectivity index is 1.36. The van der Waals surface area contributed by atoms with Gasteiger partial charge < -0.3 is 10.0 Å². The molecule has 148 valence electrons. The van der Waals surface area contributed by atoms with Crippen LogP contribution in [0.5, 0.6) is 0 Å². The first-order chi connectivity index (χ1) is 14.1. The highest BCUT2D eigenvalue weighted by atomic mass is 35.5. The van der Waals surface area contributed by atoms with Crippen molar-refractivity contribution in [2.75, 3.05) is 18.0 Å². The first-order valence-corrected chi connectivity index (χ1v) is 9.99. The summed E-state index contributed by atoms with van der Waals surface area (Å²) in [5, 5.41) is 9.91. The maximum absolute atomic E-state index is 14.6. The van der Waals surface area contributed by atoms with Crippen LogP contribution in [0.3, 0.4) is 0 Å². The predicted molar refractivity (Wildman–Crippen MR) is 107 cm³/mol. The van der Waals surface area contributed by atoms with Crippen molar-refractivity contribution in [2.24, 2.45) is 0 Å². The molecular formula is C21H19ClFN5O. The van der Waals surface area contributed by atoms with Gasteiger partial charge in [-0.2, -0.15) is 0 Å². The van der Waals surface area contributed by atoms with Crippen molar-refractivity contribution in [1.29, 1.82) is 0 Å². The topological polar surface area (TPSA) is 75.0 Å². The fraction of sp³-hybridized carbons (Fsp3) is 0.333. The van der Waals surface area contributed by atoms with Crippen molar-refractivity contribution in [1.82, 2.24) is 19.9 Å². The number of aliphatic hydroxyl groups excluding tert-OH is 1. The number of benzene rings is 1. The number of halogens is 2. The molecule has 2 aliphatic rings. The van der Waals surface area contributed by atoms with Gasteiger partial charge in [-0.25, -0.2) is 24.3 Å². The Morgan fingerprint density at radius 2 is 1.69 bits per heavy atom. The van der Waals surface area contributed by atoms with Crippen LogP contribution in [0.4, 0.5) is 10.1 Å². The van der Waals surface area contributed by atoms with Gasteiger partial charge in [0.15, 0.2) is 17.5 Å². The highest BCUT2D eigenvalue weighted by Crippen LogP contribution is 2.55. The summed E-state index contributed by atoms with van der Waals surface area (Å²) in [7, 11) is 0. The van der Waals surface area contributed by atoms with E-state index in [2.05, 4.69) is 19.9 Å². The van der Waals surface area contributed by atoms with Gasteiger partial charge in [-0.15, -0.1) is 0 Å². The van der Waals surface area contributed by atoms with Crippen LogP contribution in [-0.4, -0.2) is 44.2 Å². The van der Waals surface area contributed by atoms with E-state index in [4.69, 9.17) is 11.6 Å². The number of hydrogen-bond donors (Lipinski definition) is 1. The van der Waals surface area contributed by atoms with Gasteiger partial charge in [0.05, 0.1) is 16.8 Å². The molecule has 1 saturated heterocycles. The number of aromatic nitrogens is 4. The molecule has 1 N–H and O–H groups in total. The van der Waals surface area contributed by atoms with Crippen LogP contribution in [-0.2, 0) is 0 Å². The Bertz CT molecular complexity index is 1030. The molecule has 1 aromatic carbocycles. The molecule has 3 heterocycles. The second-order valence-corrected chi connectivity index (χ2v) is 7.99. The number of nitrogens with zero attached hydrogens (tertiary/aromatic N) is 5. The summed E-state index contributed by atoms with van der Waals surface area (Å²) >= 11 is 6.19. The van der Waals surface area contributed by atoms with Crippen molar-refractivity contribution in [3.8, 4) is 11.6 Å². The number of aliphatic hydroxyl groups is 1. The van der Waals surface area contributed by atoms with E-state index in [1.54, 1.807) is 24.5 Å². The van der Waals surface area contributed by atoms with Crippen LogP contribution in [0.15, 0.2) is 43.0 Å². The highest BCUT2D eigenvalue weighted by Gasteiger charge is 2.41. The molecule has 5 rings (SSSR count). The Hall–Kier alpha value is -2.64. The van der Waals surface area contributed by atoms with Gasteiger partial charge in [-0.3, -0.25) is 0 Å². The molecule has 2 unspecified atom stereocenters. The zero-order valence-electron chi connectivity index (χ0n) is 15.5. The lowest BCUT2D eigenvalue weighted by molar-refractivity contribution is 0.198. The molecule has 3 aromatic rings. The van der Waals surface area contributed by atoms with Crippen molar-refractivity contribution in [3.05, 3.63) is 65.0 Å². The number of hydrogen-bond acceptors (Lipinski definition) is 6. The minimum Gasteiger partial charge on any atom is -0.391 e. The summed E-state index contributed by atoms with van der Waals surface area (Å²) in [6.07, 6.45) is 8.10. The van der Waals surface area contributed by atoms with E-state index in [0.717, 1.165) is 17.5 Å². The number of anilines is 1. The van der Waals surface area contributed by atoms with Crippen molar-refractivity contribution in [3.63, 3.8) is 0 Å². The second-order valence-electron chi connectivity index (χ2n) is 7.59. The Kier molecular flexibility index (Phi) is 4.64. The molecule has 6 nitrogen and oxygen atoms in total. The van der Waals surface area contributed by atoms with Gasteiger partial charge in [0.25, 0.3) is 0 Å². The lowest BCUT2D eigenvalue weighted by Gasteiger charge is -2.20. The Morgan fingerprint density at radius 3 is 2.38 bits per heavy atom. The zero-order valence-corrected chi connectivity index (χ0v) is 16.3. The predicted octanol–water partition coefficient (Wildman–Crippen LogP) is 3.57. The minimum absolute atomic E-state index is 0.123. The molecule has 8 heteroatoms. The molecule has 0 spiro atoms. The summed E-state index contributed by atoms with van der Waals surface area (Å²) < 4.78 is 14.6. The van der Waals surface area contributed by atoms with E-state index in [1.807, 2.05) is 23.4 Å². The molecule has 0 amide bonds. The molecule has 0 radical (unpaired) electrons. The van der Waals surface area contributed by atoms with E-state index >= 15 is 0 Å². The van der Waals surface area contributed by atoms with Crippen LogP contribution in [0.2, 0.25) is 5.02 Å². The lowest BCUT2D eigenvalue weighted by Crippen LogP contribution is -2.22. The summed E-state index contributed by atoms with van der Waals surface area (Å²) in [4.78, 5) is 19.0. The number of rotatable bonds is 4. The highest BCUT2D eigenvalue weighted by molar-refractivity contribution is 6.31. The fourth-order valence-corrected chi connectivity index (χ4v) is 4.21. The normalized spacial score (nSPS) is 23.4. The first-order valence-electron chi connectivity index (χ1n) is 9.61. The minimum atomic E-state index is -0.422. The Morgan fingerprint density at radius 1 is 1.00 bits per heavy atom. The van der Waals surface area contributed by atoms with Gasteiger partial charge in [0.1, 0.15) is 0 Å². The SMILES string of the molecule is O[C@@H]1CCN(c2cc(C3CC3c3cnc(-c4ncccn4)nc3)cc(Cl)c2F)C1. The first kappa shape index (κ1) is 18.4. The third-order valence-electron chi connectivity index (χ3n) is 5.62. The molecule has 1 saturated carbocycles.